The molecule has 2 aliphatic rings. The first-order chi connectivity index (χ1) is 27.0. The van der Waals surface area contributed by atoms with E-state index < -0.39 is 88.5 Å². The molecular formula is C31H31F2N10O10P2S+. The number of carbonyl (C=O) groups is 1. The molecule has 4 N–H and O–H groups in total. The minimum atomic E-state index is -4.07. The number of benzene rings is 1. The van der Waals surface area contributed by atoms with Crippen molar-refractivity contribution >= 4 is 60.8 Å². The second-order valence-corrected chi connectivity index (χ2v) is 16.1. The summed E-state index contributed by atoms with van der Waals surface area (Å²) in [6.45, 7) is 1.32. The lowest BCUT2D eigenvalue weighted by Gasteiger charge is -2.28. The molecule has 5 aromatic rings. The molecule has 1 saturated carbocycles. The van der Waals surface area contributed by atoms with Crippen molar-refractivity contribution in [1.29, 1.82) is 0 Å². The lowest BCUT2D eigenvalue weighted by molar-refractivity contribution is -0.0456. The molecule has 7 rings (SSSR count). The molecule has 4 aromatic heterocycles. The number of aromatic nitrogens is 8. The Bertz CT molecular complexity index is 2390. The zero-order valence-corrected chi connectivity index (χ0v) is 31.3. The Morgan fingerprint density at radius 2 is 1.84 bits per heavy atom. The van der Waals surface area contributed by atoms with Crippen LogP contribution in [-0.4, -0.2) is 112 Å². The van der Waals surface area contributed by atoms with Gasteiger partial charge < -0.3 is 38.6 Å². The number of carbonyl (C=O) groups excluding carboxylic acids is 1. The van der Waals surface area contributed by atoms with Crippen molar-refractivity contribution in [2.24, 2.45) is 5.92 Å². The Kier molecular flexibility index (Phi) is 11.9. The number of imidazole rings is 2. The van der Waals surface area contributed by atoms with E-state index in [0.717, 1.165) is 12.7 Å². The number of aliphatic hydroxyl groups is 1. The van der Waals surface area contributed by atoms with Crippen LogP contribution in [0.15, 0.2) is 60.4 Å². The van der Waals surface area contributed by atoms with Crippen LogP contribution in [0.2, 0.25) is 0 Å². The fourth-order valence-electron chi connectivity index (χ4n) is 6.55. The highest BCUT2D eigenvalue weighted by molar-refractivity contribution is 8.07. The minimum absolute atomic E-state index is 0.0459. The van der Waals surface area contributed by atoms with Crippen LogP contribution in [-0.2, 0) is 39.2 Å². The van der Waals surface area contributed by atoms with Gasteiger partial charge >= 0.3 is 15.0 Å². The number of rotatable bonds is 15. The monoisotopic (exact) mass is 835 g/mol. The number of amides is 1. The Morgan fingerprint density at radius 3 is 2.59 bits per heavy atom. The molecule has 1 aromatic carbocycles. The number of nitrogens with one attached hydrogen (secondary N) is 2. The average molecular weight is 836 g/mol. The van der Waals surface area contributed by atoms with Gasteiger partial charge in [0.25, 0.3) is 11.5 Å². The summed E-state index contributed by atoms with van der Waals surface area (Å²) >= 11 is 5.63. The number of alkyl halides is 2. The number of fused-ring (bicyclic) bond motifs is 2. The first kappa shape index (κ1) is 39.6. The van der Waals surface area contributed by atoms with Crippen LogP contribution in [0.25, 0.3) is 27.2 Å². The van der Waals surface area contributed by atoms with E-state index >= 15 is 8.78 Å². The molecule has 56 heavy (non-hydrogen) atoms. The Labute approximate surface area is 320 Å². The summed E-state index contributed by atoms with van der Waals surface area (Å²) in [4.78, 5) is 61.0. The van der Waals surface area contributed by atoms with Crippen molar-refractivity contribution in [2.45, 2.75) is 49.3 Å². The largest absolute Gasteiger partial charge is 0.695 e. The quantitative estimate of drug-likeness (QED) is 0.0673. The van der Waals surface area contributed by atoms with Crippen molar-refractivity contribution in [1.82, 2.24) is 39.0 Å². The first-order valence-electron chi connectivity index (χ1n) is 16.7. The summed E-state index contributed by atoms with van der Waals surface area (Å²) in [5.74, 6) is -1.50. The Morgan fingerprint density at radius 1 is 1.09 bits per heavy atom. The molecule has 1 aliphatic heterocycles. The van der Waals surface area contributed by atoms with Gasteiger partial charge in [0.1, 0.15) is 31.3 Å². The molecule has 294 valence electrons. The molecule has 25 heteroatoms. The van der Waals surface area contributed by atoms with Crippen LogP contribution in [0, 0.1) is 12.5 Å². The fourth-order valence-corrected chi connectivity index (χ4v) is 9.14. The van der Waals surface area contributed by atoms with Gasteiger partial charge in [-0.15, -0.1) is 9.42 Å². The number of hydrogen-bond acceptors (Lipinski definition) is 15. The van der Waals surface area contributed by atoms with Gasteiger partial charge in [0.05, 0.1) is 38.2 Å². The summed E-state index contributed by atoms with van der Waals surface area (Å²) in [5, 5.41) is 12.9. The standard InChI is InChI=1S/C31H30F2N10O10P2S/c1-34-7-8-49-55(56,50-11-17-9-18(24(20(17)32)52-54(47)48)42-14-40-23-28(42)37-13-38-30(23)46)53-25-19(10-44)51-31(21(25)33)43-15-39-22-26(35-12-36-27(22)43)41-29(45)16-5-3-2-4-6-16/h2-6,12-15,17-21,24-25,31,44H,7-11H2,(H2-,35,36,37,38,41,45,46,47,48)/p+1/t17-,18-,19-,20-,21-,24+,25-,31-,55?/m1/s1. The third-order valence-electron chi connectivity index (χ3n) is 9.12. The molecule has 2 fully saturated rings. The van der Waals surface area contributed by atoms with Crippen molar-refractivity contribution in [3.8, 4) is 0 Å². The van der Waals surface area contributed by atoms with Gasteiger partial charge in [0, 0.05) is 16.0 Å². The van der Waals surface area contributed by atoms with Gasteiger partial charge in [0.15, 0.2) is 46.6 Å². The zero-order valence-electron chi connectivity index (χ0n) is 28.6. The van der Waals surface area contributed by atoms with Crippen molar-refractivity contribution in [2.75, 3.05) is 31.7 Å². The van der Waals surface area contributed by atoms with E-state index in [1.165, 1.54) is 21.8 Å². The highest BCUT2D eigenvalue weighted by Gasteiger charge is 2.53. The number of hydrogen-bond donors (Lipinski definition) is 4. The maximum atomic E-state index is 16.5. The molecule has 10 atom stereocenters. The molecule has 1 saturated heterocycles. The second kappa shape index (κ2) is 16.9. The van der Waals surface area contributed by atoms with E-state index in [1.807, 2.05) is 0 Å². The molecule has 20 nitrogen and oxygen atoms in total. The Hall–Kier alpha value is -4.59. The Balaban J connectivity index is 1.10. The van der Waals surface area contributed by atoms with Crippen LogP contribution < -0.4 is 10.9 Å². The minimum Gasteiger partial charge on any atom is -0.394 e. The van der Waals surface area contributed by atoms with Gasteiger partial charge in [-0.05, 0) is 30.4 Å². The van der Waals surface area contributed by atoms with E-state index in [-0.39, 0.29) is 47.7 Å². The van der Waals surface area contributed by atoms with Gasteiger partial charge in [-0.1, -0.05) is 18.2 Å². The predicted molar refractivity (Wildman–Crippen MR) is 193 cm³/mol. The third kappa shape index (κ3) is 7.99. The number of ether oxygens (including phenoxy) is 1. The summed E-state index contributed by atoms with van der Waals surface area (Å²) in [5.41, 5.74) is 0.0266. The number of nitrogens with zero attached hydrogens (tertiary/aromatic N) is 8. The van der Waals surface area contributed by atoms with Crippen LogP contribution in [0.1, 0.15) is 29.0 Å². The molecule has 2 unspecified atom stereocenters. The topological polar surface area (TPSA) is 244 Å². The van der Waals surface area contributed by atoms with Crippen LogP contribution in [0.4, 0.5) is 14.6 Å². The number of H-pyrrole nitrogens is 1. The van der Waals surface area contributed by atoms with E-state index in [4.69, 9.17) is 41.2 Å². The zero-order chi connectivity index (χ0) is 39.6. The molecule has 0 radical (unpaired) electrons. The highest BCUT2D eigenvalue weighted by Crippen LogP contribution is 2.55. The molecule has 1 amide bonds. The lowest BCUT2D eigenvalue weighted by Crippen LogP contribution is -2.34. The van der Waals surface area contributed by atoms with Gasteiger partial charge in [-0.3, -0.25) is 18.7 Å². The van der Waals surface area contributed by atoms with Crippen molar-refractivity contribution in [3.05, 3.63) is 83.0 Å². The highest BCUT2D eigenvalue weighted by atomic mass is 32.5. The first-order valence-corrected chi connectivity index (χ1v) is 20.4. The summed E-state index contributed by atoms with van der Waals surface area (Å²) < 4.78 is 75.4. The van der Waals surface area contributed by atoms with Crippen LogP contribution >= 0.6 is 15.0 Å². The van der Waals surface area contributed by atoms with E-state index in [2.05, 4.69) is 40.1 Å². The van der Waals surface area contributed by atoms with Gasteiger partial charge in [0.2, 0.25) is 6.54 Å². The molecular weight excluding hydrogens is 804 g/mol. The maximum absolute atomic E-state index is 16.5. The number of halogens is 2. The average Bonchev–Trinajstić information content (AvgIpc) is 3.96. The van der Waals surface area contributed by atoms with Crippen molar-refractivity contribution in [3.63, 3.8) is 0 Å². The summed E-state index contributed by atoms with van der Waals surface area (Å²) in [6, 6.07) is 7.37. The lowest BCUT2D eigenvalue weighted by atomic mass is 10.1. The van der Waals surface area contributed by atoms with Gasteiger partial charge in [-0.2, -0.15) is 0 Å². The van der Waals surface area contributed by atoms with Crippen LogP contribution in [0.3, 0.4) is 0 Å². The predicted octanol–water partition coefficient (Wildman–Crippen LogP) is 2.94. The maximum Gasteiger partial charge on any atom is 0.695 e. The number of aliphatic hydroxyl groups excluding tert-OH is 1. The third-order valence-corrected chi connectivity index (χ3v) is 11.9. The summed E-state index contributed by atoms with van der Waals surface area (Å²) in [7, 11) is -3.28. The van der Waals surface area contributed by atoms with E-state index in [0.29, 0.717) is 5.56 Å². The smallest absolute Gasteiger partial charge is 0.394 e. The number of anilines is 1. The molecule has 0 spiro atoms. The van der Waals surface area contributed by atoms with E-state index in [1.54, 1.807) is 30.3 Å². The summed E-state index contributed by atoms with van der Waals surface area (Å²) in [6.07, 6.45) is -5.32. The van der Waals surface area contributed by atoms with E-state index in [9.17, 15) is 24.2 Å². The fraction of sp³-hybridized carbons (Fsp3) is 0.419. The SMILES string of the molecule is [C-]#[N+]CCOP(=S)(OC[C@H]1C[C@@H](n2cnc3c(=O)[nH]cnc32)[C@H](O[P+](=O)O)[C@@H]1F)O[C@H]1[C@@H](F)[C@H](n2cnc3c(NC(=O)c4ccccc4)ncnc32)O[C@@H]1CO. The molecule has 0 bridgehead atoms. The normalized spacial score (nSPS) is 26.3. The molecule has 5 heterocycles. The van der Waals surface area contributed by atoms with Gasteiger partial charge in [-0.25, -0.2) is 40.3 Å². The number of aromatic amines is 1. The van der Waals surface area contributed by atoms with Crippen LogP contribution in [0.5, 0.6) is 0 Å². The second-order valence-electron chi connectivity index (χ2n) is 12.5. The molecule has 1 aliphatic carbocycles. The van der Waals surface area contributed by atoms with Crippen molar-refractivity contribution < 1.29 is 51.0 Å².